The zero-order valence-corrected chi connectivity index (χ0v) is 15.8. The van der Waals surface area contributed by atoms with E-state index in [-0.39, 0.29) is 0 Å². The van der Waals surface area contributed by atoms with E-state index in [9.17, 15) is 0 Å². The first-order valence-electron chi connectivity index (χ1n) is 8.63. The van der Waals surface area contributed by atoms with Crippen LogP contribution in [0.1, 0.15) is 36.9 Å². The maximum atomic E-state index is 4.52. The summed E-state index contributed by atoms with van der Waals surface area (Å²) >= 11 is 1.70. The lowest BCUT2D eigenvalue weighted by atomic mass is 9.99. The summed E-state index contributed by atoms with van der Waals surface area (Å²) in [6.07, 6.45) is 3.87. The minimum Gasteiger partial charge on any atom is -0.356 e. The standard InChI is InChI=1S/C17H31N5S/c1-14-6-10-22(11-7-14)9-5-8-19-17(18-3)21(4)12-16-13-23-15(2)20-16/h13-14H,5-12H2,1-4H3,(H,18,19). The number of aromatic nitrogens is 1. The summed E-state index contributed by atoms with van der Waals surface area (Å²) in [6.45, 7) is 9.89. The van der Waals surface area contributed by atoms with Gasteiger partial charge in [-0.05, 0) is 51.7 Å². The quantitative estimate of drug-likeness (QED) is 0.492. The van der Waals surface area contributed by atoms with Crippen LogP contribution in [0.2, 0.25) is 0 Å². The van der Waals surface area contributed by atoms with E-state index >= 15 is 0 Å². The molecule has 1 N–H and O–H groups in total. The number of thiazole rings is 1. The van der Waals surface area contributed by atoms with Gasteiger partial charge in [-0.2, -0.15) is 0 Å². The molecule has 1 aromatic rings. The van der Waals surface area contributed by atoms with Gasteiger partial charge < -0.3 is 15.1 Å². The fourth-order valence-corrected chi connectivity index (χ4v) is 3.58. The van der Waals surface area contributed by atoms with Crippen molar-refractivity contribution in [3.63, 3.8) is 0 Å². The summed E-state index contributed by atoms with van der Waals surface area (Å²) in [7, 11) is 3.91. The number of hydrogen-bond acceptors (Lipinski definition) is 4. The highest BCUT2D eigenvalue weighted by Crippen LogP contribution is 2.15. The molecule has 6 heteroatoms. The van der Waals surface area contributed by atoms with Gasteiger partial charge >= 0.3 is 0 Å². The van der Waals surface area contributed by atoms with Crippen molar-refractivity contribution in [1.82, 2.24) is 20.1 Å². The van der Waals surface area contributed by atoms with Crippen molar-refractivity contribution in [2.45, 2.75) is 39.7 Å². The third-order valence-corrected chi connectivity index (χ3v) is 5.27. The summed E-state index contributed by atoms with van der Waals surface area (Å²) in [6, 6.07) is 0. The Hall–Kier alpha value is -1.14. The Kier molecular flexibility index (Phi) is 7.30. The molecule has 23 heavy (non-hydrogen) atoms. The third kappa shape index (κ3) is 6.11. The fraction of sp³-hybridized carbons (Fsp3) is 0.765. The van der Waals surface area contributed by atoms with E-state index in [2.05, 4.69) is 44.4 Å². The molecule has 0 atom stereocenters. The third-order valence-electron chi connectivity index (χ3n) is 4.45. The summed E-state index contributed by atoms with van der Waals surface area (Å²) in [5, 5.41) is 6.71. The molecule has 1 fully saturated rings. The SMILES string of the molecule is CN=C(NCCCN1CCC(C)CC1)N(C)Cc1csc(C)n1. The maximum Gasteiger partial charge on any atom is 0.193 e. The number of aryl methyl sites for hydroxylation is 1. The van der Waals surface area contributed by atoms with E-state index in [0.29, 0.717) is 0 Å². The van der Waals surface area contributed by atoms with E-state index in [1.54, 1.807) is 11.3 Å². The smallest absolute Gasteiger partial charge is 0.193 e. The van der Waals surface area contributed by atoms with Gasteiger partial charge in [0.05, 0.1) is 17.2 Å². The van der Waals surface area contributed by atoms with Crippen LogP contribution in [0.5, 0.6) is 0 Å². The maximum absolute atomic E-state index is 4.52. The van der Waals surface area contributed by atoms with Crippen LogP contribution in [0.25, 0.3) is 0 Å². The second kappa shape index (κ2) is 9.23. The largest absolute Gasteiger partial charge is 0.356 e. The van der Waals surface area contributed by atoms with Crippen molar-refractivity contribution < 1.29 is 0 Å². The molecule has 5 nitrogen and oxygen atoms in total. The lowest BCUT2D eigenvalue weighted by Crippen LogP contribution is -2.40. The molecule has 0 unspecified atom stereocenters. The zero-order chi connectivity index (χ0) is 16.7. The number of nitrogens with zero attached hydrogens (tertiary/aromatic N) is 4. The highest BCUT2D eigenvalue weighted by atomic mass is 32.1. The monoisotopic (exact) mass is 337 g/mol. The molecule has 0 saturated carbocycles. The lowest BCUT2D eigenvalue weighted by Gasteiger charge is -2.30. The molecule has 130 valence electrons. The van der Waals surface area contributed by atoms with Crippen LogP contribution in [0.4, 0.5) is 0 Å². The second-order valence-corrected chi connectivity index (χ2v) is 7.63. The van der Waals surface area contributed by atoms with Crippen molar-refractivity contribution in [3.05, 3.63) is 16.1 Å². The molecule has 2 heterocycles. The summed E-state index contributed by atoms with van der Waals surface area (Å²) in [5.41, 5.74) is 1.11. The van der Waals surface area contributed by atoms with Crippen LogP contribution in [0, 0.1) is 12.8 Å². The van der Waals surface area contributed by atoms with Gasteiger partial charge in [0.2, 0.25) is 0 Å². The molecule has 1 aliphatic rings. The van der Waals surface area contributed by atoms with E-state index < -0.39 is 0 Å². The van der Waals surface area contributed by atoms with Crippen molar-refractivity contribution in [3.8, 4) is 0 Å². The van der Waals surface area contributed by atoms with Gasteiger partial charge in [0.15, 0.2) is 5.96 Å². The van der Waals surface area contributed by atoms with Gasteiger partial charge in [-0.15, -0.1) is 11.3 Å². The van der Waals surface area contributed by atoms with E-state index in [4.69, 9.17) is 0 Å². The minimum absolute atomic E-state index is 0.800. The number of piperidine rings is 1. The second-order valence-electron chi connectivity index (χ2n) is 6.57. The molecule has 1 aromatic heterocycles. The van der Waals surface area contributed by atoms with Crippen molar-refractivity contribution in [2.75, 3.05) is 40.3 Å². The van der Waals surface area contributed by atoms with Crippen molar-refractivity contribution >= 4 is 17.3 Å². The molecule has 0 amide bonds. The van der Waals surface area contributed by atoms with Crippen LogP contribution in [-0.2, 0) is 6.54 Å². The van der Waals surface area contributed by atoms with E-state index in [1.807, 2.05) is 14.0 Å². The highest BCUT2D eigenvalue weighted by molar-refractivity contribution is 7.09. The summed E-state index contributed by atoms with van der Waals surface area (Å²) in [5.74, 6) is 1.86. The number of guanidine groups is 1. The van der Waals surface area contributed by atoms with Gasteiger partial charge in [-0.3, -0.25) is 4.99 Å². The number of hydrogen-bond donors (Lipinski definition) is 1. The number of nitrogens with one attached hydrogen (secondary N) is 1. The number of rotatable bonds is 6. The Morgan fingerprint density at radius 3 is 2.83 bits per heavy atom. The fourth-order valence-electron chi connectivity index (χ4n) is 2.97. The van der Waals surface area contributed by atoms with Crippen LogP contribution in [0.15, 0.2) is 10.4 Å². The topological polar surface area (TPSA) is 43.8 Å². The Bertz CT molecular complexity index is 491. The Morgan fingerprint density at radius 1 is 1.48 bits per heavy atom. The Morgan fingerprint density at radius 2 is 2.22 bits per heavy atom. The first-order chi connectivity index (χ1) is 11.1. The predicted molar refractivity (Wildman–Crippen MR) is 99.1 cm³/mol. The zero-order valence-electron chi connectivity index (χ0n) is 15.0. The average molecular weight is 338 g/mol. The van der Waals surface area contributed by atoms with E-state index in [1.165, 1.54) is 32.5 Å². The Labute approximate surface area is 144 Å². The minimum atomic E-state index is 0.800. The van der Waals surface area contributed by atoms with Gasteiger partial charge in [0.1, 0.15) is 0 Å². The van der Waals surface area contributed by atoms with Crippen molar-refractivity contribution in [2.24, 2.45) is 10.9 Å². The van der Waals surface area contributed by atoms with Crippen molar-refractivity contribution in [1.29, 1.82) is 0 Å². The van der Waals surface area contributed by atoms with Crippen LogP contribution in [-0.4, -0.2) is 61.0 Å². The molecule has 1 aliphatic heterocycles. The molecule has 0 aliphatic carbocycles. The molecular formula is C17H31N5S. The first-order valence-corrected chi connectivity index (χ1v) is 9.51. The molecule has 0 aromatic carbocycles. The van der Waals surface area contributed by atoms with E-state index in [0.717, 1.165) is 42.1 Å². The summed E-state index contributed by atoms with van der Waals surface area (Å²) < 4.78 is 0. The van der Waals surface area contributed by atoms with Gasteiger partial charge in [0.25, 0.3) is 0 Å². The normalized spacial score (nSPS) is 17.5. The molecule has 1 saturated heterocycles. The van der Waals surface area contributed by atoms with Crippen LogP contribution in [0.3, 0.4) is 0 Å². The van der Waals surface area contributed by atoms with Gasteiger partial charge in [0, 0.05) is 26.0 Å². The predicted octanol–water partition coefficient (Wildman–Crippen LogP) is 2.58. The van der Waals surface area contributed by atoms with Crippen LogP contribution >= 0.6 is 11.3 Å². The molecular weight excluding hydrogens is 306 g/mol. The Balaban J connectivity index is 1.66. The molecule has 0 spiro atoms. The first kappa shape index (κ1) is 18.2. The highest BCUT2D eigenvalue weighted by Gasteiger charge is 2.15. The lowest BCUT2D eigenvalue weighted by molar-refractivity contribution is 0.191. The average Bonchev–Trinajstić information content (AvgIpc) is 2.94. The van der Waals surface area contributed by atoms with Gasteiger partial charge in [-0.25, -0.2) is 4.98 Å². The molecule has 2 rings (SSSR count). The summed E-state index contributed by atoms with van der Waals surface area (Å²) in [4.78, 5) is 13.6. The van der Waals surface area contributed by atoms with Crippen LogP contribution < -0.4 is 5.32 Å². The molecule has 0 radical (unpaired) electrons. The number of aliphatic imine (C=N–C) groups is 1. The molecule has 0 bridgehead atoms. The number of likely N-dealkylation sites (tertiary alicyclic amines) is 1. The van der Waals surface area contributed by atoms with Gasteiger partial charge in [-0.1, -0.05) is 6.92 Å².